The summed E-state index contributed by atoms with van der Waals surface area (Å²) in [7, 11) is 0. The molecule has 162 valence electrons. The number of carbonyl (C=O) groups excluding carboxylic acids is 2. The number of hydrogen-bond donors (Lipinski definition) is 1. The van der Waals surface area contributed by atoms with Crippen LogP contribution in [0, 0.1) is 12.8 Å². The molecule has 0 radical (unpaired) electrons. The smallest absolute Gasteiger partial charge is 0.242 e. The summed E-state index contributed by atoms with van der Waals surface area (Å²) >= 11 is 12.4. The van der Waals surface area contributed by atoms with Crippen molar-refractivity contribution >= 4 is 35.0 Å². The fourth-order valence-corrected chi connectivity index (χ4v) is 3.74. The molecule has 2 aromatic carbocycles. The topological polar surface area (TPSA) is 49.4 Å². The first-order valence-corrected chi connectivity index (χ1v) is 11.0. The van der Waals surface area contributed by atoms with Crippen LogP contribution in [0.25, 0.3) is 0 Å². The lowest BCUT2D eigenvalue weighted by Gasteiger charge is -2.31. The Kier molecular flexibility index (Phi) is 9.19. The van der Waals surface area contributed by atoms with E-state index in [1.807, 2.05) is 52.0 Å². The van der Waals surface area contributed by atoms with Crippen LogP contribution in [-0.4, -0.2) is 29.3 Å². The van der Waals surface area contributed by atoms with Crippen molar-refractivity contribution in [2.24, 2.45) is 5.92 Å². The van der Waals surface area contributed by atoms with Gasteiger partial charge in [-0.05, 0) is 42.5 Å². The highest BCUT2D eigenvalue weighted by Crippen LogP contribution is 2.24. The fraction of sp³-hybridized carbons (Fsp3) is 0.417. The van der Waals surface area contributed by atoms with Crippen molar-refractivity contribution in [2.45, 2.75) is 53.1 Å². The molecular weight excluding hydrogens is 419 g/mol. The highest BCUT2D eigenvalue weighted by Gasteiger charge is 2.29. The molecule has 30 heavy (non-hydrogen) atoms. The molecule has 2 amide bonds. The van der Waals surface area contributed by atoms with E-state index in [9.17, 15) is 9.59 Å². The van der Waals surface area contributed by atoms with Crippen LogP contribution >= 0.6 is 23.2 Å². The molecule has 1 N–H and O–H groups in total. The number of hydrogen-bond acceptors (Lipinski definition) is 2. The van der Waals surface area contributed by atoms with Crippen LogP contribution in [0.2, 0.25) is 10.0 Å². The summed E-state index contributed by atoms with van der Waals surface area (Å²) < 4.78 is 0. The number of nitrogens with zero attached hydrogens (tertiary/aromatic N) is 1. The van der Waals surface area contributed by atoms with Gasteiger partial charge in [-0.2, -0.15) is 0 Å². The largest absolute Gasteiger partial charge is 0.354 e. The number of carbonyl (C=O) groups is 2. The summed E-state index contributed by atoms with van der Waals surface area (Å²) in [6, 6.07) is 12.5. The third-order valence-corrected chi connectivity index (χ3v) is 5.45. The van der Waals surface area contributed by atoms with E-state index in [2.05, 4.69) is 5.32 Å². The number of aryl methyl sites for hydroxylation is 1. The molecular formula is C24H30Cl2N2O2. The van der Waals surface area contributed by atoms with Crippen molar-refractivity contribution in [1.82, 2.24) is 10.2 Å². The van der Waals surface area contributed by atoms with Gasteiger partial charge in [-0.1, -0.05) is 79.9 Å². The molecule has 0 fully saturated rings. The van der Waals surface area contributed by atoms with E-state index in [0.29, 0.717) is 28.9 Å². The van der Waals surface area contributed by atoms with Crippen molar-refractivity contribution in [1.29, 1.82) is 0 Å². The van der Waals surface area contributed by atoms with Crippen LogP contribution in [0.1, 0.15) is 43.9 Å². The van der Waals surface area contributed by atoms with Crippen molar-refractivity contribution < 1.29 is 9.59 Å². The molecule has 0 bridgehead atoms. The molecule has 0 aliphatic heterocycles. The lowest BCUT2D eigenvalue weighted by Crippen LogP contribution is -2.50. The highest BCUT2D eigenvalue weighted by atomic mass is 35.5. The Hall–Kier alpha value is -2.04. The van der Waals surface area contributed by atoms with E-state index in [4.69, 9.17) is 23.2 Å². The van der Waals surface area contributed by atoms with Crippen LogP contribution in [-0.2, 0) is 22.6 Å². The first-order chi connectivity index (χ1) is 14.2. The molecule has 6 heteroatoms. The van der Waals surface area contributed by atoms with Crippen LogP contribution < -0.4 is 5.32 Å². The molecule has 2 rings (SSSR count). The SMILES string of the molecule is CC[C@H](C(=O)NCC(C)C)N(Cc1ccc(Cl)cc1Cl)C(=O)Cc1cccc(C)c1. The Morgan fingerprint density at radius 2 is 1.83 bits per heavy atom. The van der Waals surface area contributed by atoms with Crippen LogP contribution in [0.15, 0.2) is 42.5 Å². The second kappa shape index (κ2) is 11.4. The zero-order valence-corrected chi connectivity index (χ0v) is 19.6. The van der Waals surface area contributed by atoms with Gasteiger partial charge in [-0.25, -0.2) is 0 Å². The molecule has 1 atom stereocenters. The summed E-state index contributed by atoms with van der Waals surface area (Å²) in [6.07, 6.45) is 0.732. The first-order valence-electron chi connectivity index (χ1n) is 10.3. The molecule has 0 saturated carbocycles. The molecule has 0 spiro atoms. The maximum Gasteiger partial charge on any atom is 0.242 e. The van der Waals surface area contributed by atoms with Crippen molar-refractivity contribution in [3.05, 3.63) is 69.2 Å². The quantitative estimate of drug-likeness (QED) is 0.556. The predicted molar refractivity (Wildman–Crippen MR) is 124 cm³/mol. The maximum absolute atomic E-state index is 13.3. The molecule has 0 unspecified atom stereocenters. The Morgan fingerprint density at radius 3 is 2.43 bits per heavy atom. The predicted octanol–water partition coefficient (Wildman–Crippen LogP) is 5.42. The molecule has 0 aliphatic carbocycles. The second-order valence-electron chi connectivity index (χ2n) is 7.99. The minimum absolute atomic E-state index is 0.113. The average Bonchev–Trinajstić information content (AvgIpc) is 2.67. The molecule has 2 aromatic rings. The fourth-order valence-electron chi connectivity index (χ4n) is 3.27. The average molecular weight is 449 g/mol. The lowest BCUT2D eigenvalue weighted by molar-refractivity contribution is -0.141. The summed E-state index contributed by atoms with van der Waals surface area (Å²) in [4.78, 5) is 27.9. The van der Waals surface area contributed by atoms with E-state index >= 15 is 0 Å². The monoisotopic (exact) mass is 448 g/mol. The highest BCUT2D eigenvalue weighted by molar-refractivity contribution is 6.35. The molecule has 0 aromatic heterocycles. The van der Waals surface area contributed by atoms with Gasteiger partial charge in [0.2, 0.25) is 11.8 Å². The van der Waals surface area contributed by atoms with E-state index in [0.717, 1.165) is 16.7 Å². The normalized spacial score (nSPS) is 12.0. The number of halogens is 2. The van der Waals surface area contributed by atoms with Crippen molar-refractivity contribution in [3.63, 3.8) is 0 Å². The van der Waals surface area contributed by atoms with Gasteiger partial charge in [0.15, 0.2) is 0 Å². The molecule has 0 saturated heterocycles. The third kappa shape index (κ3) is 7.03. The summed E-state index contributed by atoms with van der Waals surface area (Å²) in [6.45, 7) is 8.79. The van der Waals surface area contributed by atoms with Gasteiger partial charge in [0.1, 0.15) is 6.04 Å². The van der Waals surface area contributed by atoms with Gasteiger partial charge in [0.25, 0.3) is 0 Å². The second-order valence-corrected chi connectivity index (χ2v) is 8.83. The van der Waals surface area contributed by atoms with Crippen molar-refractivity contribution in [2.75, 3.05) is 6.54 Å². The number of rotatable bonds is 9. The van der Waals surface area contributed by atoms with Crippen LogP contribution in [0.5, 0.6) is 0 Å². The maximum atomic E-state index is 13.3. The summed E-state index contributed by atoms with van der Waals surface area (Å²) in [5.74, 6) is 0.0700. The molecule has 0 aliphatic rings. The number of amides is 2. The van der Waals surface area contributed by atoms with Gasteiger partial charge < -0.3 is 10.2 Å². The van der Waals surface area contributed by atoms with Gasteiger partial charge in [0.05, 0.1) is 6.42 Å². The molecule has 4 nitrogen and oxygen atoms in total. The van der Waals surface area contributed by atoms with Crippen molar-refractivity contribution in [3.8, 4) is 0 Å². The van der Waals surface area contributed by atoms with Crippen LogP contribution in [0.4, 0.5) is 0 Å². The van der Waals surface area contributed by atoms with E-state index in [1.54, 1.807) is 23.1 Å². The van der Waals surface area contributed by atoms with Gasteiger partial charge in [0, 0.05) is 23.1 Å². The molecule has 0 heterocycles. The zero-order valence-electron chi connectivity index (χ0n) is 18.0. The third-order valence-electron chi connectivity index (χ3n) is 4.86. The number of nitrogens with one attached hydrogen (secondary N) is 1. The minimum Gasteiger partial charge on any atom is -0.354 e. The van der Waals surface area contributed by atoms with Gasteiger partial charge in [-0.15, -0.1) is 0 Å². The van der Waals surface area contributed by atoms with E-state index in [1.165, 1.54) is 0 Å². The van der Waals surface area contributed by atoms with E-state index in [-0.39, 0.29) is 24.8 Å². The Balaban J connectivity index is 2.31. The first kappa shape index (κ1) is 24.2. The minimum atomic E-state index is -0.576. The van der Waals surface area contributed by atoms with Gasteiger partial charge in [-0.3, -0.25) is 9.59 Å². The number of benzene rings is 2. The summed E-state index contributed by atoms with van der Waals surface area (Å²) in [5.41, 5.74) is 2.77. The Morgan fingerprint density at radius 1 is 1.10 bits per heavy atom. The van der Waals surface area contributed by atoms with Crippen LogP contribution in [0.3, 0.4) is 0 Å². The van der Waals surface area contributed by atoms with Gasteiger partial charge >= 0.3 is 0 Å². The Labute approximate surface area is 189 Å². The standard InChI is InChI=1S/C24H30Cl2N2O2/c1-5-22(24(30)27-14-16(2)3)28(15-19-9-10-20(25)13-21(19)26)23(29)12-18-8-6-7-17(4)11-18/h6-11,13,16,22H,5,12,14-15H2,1-4H3,(H,27,30)/t22-/m1/s1. The summed E-state index contributed by atoms with van der Waals surface area (Å²) in [5, 5.41) is 3.97. The lowest BCUT2D eigenvalue weighted by atomic mass is 10.0. The van der Waals surface area contributed by atoms with E-state index < -0.39 is 6.04 Å². The zero-order chi connectivity index (χ0) is 22.3. The Bertz CT molecular complexity index is 883.